The highest BCUT2D eigenvalue weighted by atomic mass is 16.6. The van der Waals surface area contributed by atoms with Gasteiger partial charge in [-0.15, -0.1) is 5.10 Å². The number of nitrogens with zero attached hydrogens (tertiary/aromatic N) is 3. The van der Waals surface area contributed by atoms with Crippen molar-refractivity contribution in [2.24, 2.45) is 0 Å². The first-order chi connectivity index (χ1) is 11.8. The Morgan fingerprint density at radius 1 is 1.28 bits per heavy atom. The molecule has 0 aliphatic heterocycles. The van der Waals surface area contributed by atoms with Crippen LogP contribution >= 0.6 is 0 Å². The zero-order valence-electron chi connectivity index (χ0n) is 15.0. The average molecular weight is 346 g/mol. The summed E-state index contributed by atoms with van der Waals surface area (Å²) in [4.78, 5) is 16.0. The number of carbonyl (C=O) groups excluding carboxylic acids is 1. The maximum atomic E-state index is 11.9. The summed E-state index contributed by atoms with van der Waals surface area (Å²) in [5.41, 5.74) is 6.80. The van der Waals surface area contributed by atoms with Crippen LogP contribution in [0, 0.1) is 0 Å². The molecule has 136 valence electrons. The highest BCUT2D eigenvalue weighted by Crippen LogP contribution is 2.23. The summed E-state index contributed by atoms with van der Waals surface area (Å²) >= 11 is 0. The van der Waals surface area contributed by atoms with Gasteiger partial charge in [0.05, 0.1) is 5.69 Å². The number of nitrogens with two attached hydrogens (primary N) is 1. The van der Waals surface area contributed by atoms with Gasteiger partial charge in [0.15, 0.2) is 5.65 Å². The summed E-state index contributed by atoms with van der Waals surface area (Å²) in [7, 11) is 0. The van der Waals surface area contributed by atoms with Crippen molar-refractivity contribution in [2.75, 3.05) is 11.1 Å². The third-order valence-corrected chi connectivity index (χ3v) is 4.19. The molecule has 25 heavy (non-hydrogen) atoms. The lowest BCUT2D eigenvalue weighted by atomic mass is 9.91. The van der Waals surface area contributed by atoms with Gasteiger partial charge in [0.2, 0.25) is 0 Å². The Morgan fingerprint density at radius 2 is 1.96 bits per heavy atom. The van der Waals surface area contributed by atoms with Gasteiger partial charge >= 0.3 is 6.09 Å². The molecule has 0 unspecified atom stereocenters. The van der Waals surface area contributed by atoms with Crippen LogP contribution in [-0.4, -0.2) is 38.4 Å². The SMILES string of the molecule is CC(C)(C)OC(=O)NC1CCC(Nc2cc(N)c3nccn3n2)CC1. The molecule has 0 aromatic carbocycles. The Balaban J connectivity index is 1.51. The molecular weight excluding hydrogens is 320 g/mol. The number of nitrogen functional groups attached to an aromatic ring is 1. The topological polar surface area (TPSA) is 107 Å². The molecule has 1 saturated carbocycles. The van der Waals surface area contributed by atoms with Crippen molar-refractivity contribution in [1.29, 1.82) is 0 Å². The van der Waals surface area contributed by atoms with Crippen LogP contribution in [0.15, 0.2) is 18.5 Å². The van der Waals surface area contributed by atoms with Crippen LogP contribution in [0.2, 0.25) is 0 Å². The van der Waals surface area contributed by atoms with Gasteiger partial charge in [0, 0.05) is 30.5 Å². The monoisotopic (exact) mass is 346 g/mol. The van der Waals surface area contributed by atoms with E-state index >= 15 is 0 Å². The Labute approximate surface area is 147 Å². The molecule has 3 rings (SSSR count). The number of alkyl carbamates (subject to hydrolysis) is 1. The fraction of sp³-hybridized carbons (Fsp3) is 0.588. The molecule has 1 aliphatic carbocycles. The zero-order valence-corrected chi connectivity index (χ0v) is 15.0. The number of anilines is 2. The lowest BCUT2D eigenvalue weighted by Gasteiger charge is -2.30. The van der Waals surface area contributed by atoms with Crippen LogP contribution in [-0.2, 0) is 4.74 Å². The quantitative estimate of drug-likeness (QED) is 0.788. The maximum absolute atomic E-state index is 11.9. The maximum Gasteiger partial charge on any atom is 0.407 e. The van der Waals surface area contributed by atoms with Crippen molar-refractivity contribution in [1.82, 2.24) is 19.9 Å². The predicted octanol–water partition coefficient (Wildman–Crippen LogP) is 2.56. The average Bonchev–Trinajstić information content (AvgIpc) is 2.96. The third kappa shape index (κ3) is 4.52. The van der Waals surface area contributed by atoms with Gasteiger partial charge in [-0.1, -0.05) is 0 Å². The van der Waals surface area contributed by atoms with E-state index in [-0.39, 0.29) is 12.1 Å². The van der Waals surface area contributed by atoms with Gasteiger partial charge in [0.25, 0.3) is 0 Å². The summed E-state index contributed by atoms with van der Waals surface area (Å²) in [5, 5.41) is 10.9. The molecule has 0 spiro atoms. The van der Waals surface area contributed by atoms with Crippen LogP contribution in [0.3, 0.4) is 0 Å². The molecule has 8 nitrogen and oxygen atoms in total. The van der Waals surface area contributed by atoms with E-state index in [1.165, 1.54) is 0 Å². The number of amides is 1. The first-order valence-corrected chi connectivity index (χ1v) is 8.66. The van der Waals surface area contributed by atoms with Crippen molar-refractivity contribution >= 4 is 23.2 Å². The number of carbonyl (C=O) groups is 1. The molecule has 0 atom stereocenters. The fourth-order valence-electron chi connectivity index (χ4n) is 3.08. The second-order valence-electron chi connectivity index (χ2n) is 7.52. The number of nitrogens with one attached hydrogen (secondary N) is 2. The molecule has 2 aromatic rings. The molecule has 2 aromatic heterocycles. The van der Waals surface area contributed by atoms with Gasteiger partial charge in [-0.2, -0.15) is 0 Å². The molecule has 0 saturated heterocycles. The smallest absolute Gasteiger partial charge is 0.407 e. The second kappa shape index (κ2) is 6.78. The molecule has 2 heterocycles. The van der Waals surface area contributed by atoms with Gasteiger partial charge in [-0.3, -0.25) is 0 Å². The Morgan fingerprint density at radius 3 is 2.64 bits per heavy atom. The molecule has 0 radical (unpaired) electrons. The van der Waals surface area contributed by atoms with Crippen molar-refractivity contribution in [3.63, 3.8) is 0 Å². The van der Waals surface area contributed by atoms with E-state index < -0.39 is 5.60 Å². The van der Waals surface area contributed by atoms with E-state index in [9.17, 15) is 4.79 Å². The Hall–Kier alpha value is -2.51. The summed E-state index contributed by atoms with van der Waals surface area (Å²) in [6.45, 7) is 5.59. The van der Waals surface area contributed by atoms with E-state index in [1.807, 2.05) is 26.8 Å². The summed E-state index contributed by atoms with van der Waals surface area (Å²) < 4.78 is 6.99. The van der Waals surface area contributed by atoms with Crippen LogP contribution < -0.4 is 16.4 Å². The van der Waals surface area contributed by atoms with Crippen LogP contribution in [0.4, 0.5) is 16.3 Å². The summed E-state index contributed by atoms with van der Waals surface area (Å²) in [5.74, 6) is 0.742. The number of rotatable bonds is 3. The highest BCUT2D eigenvalue weighted by Gasteiger charge is 2.25. The van der Waals surface area contributed by atoms with Gasteiger partial charge in [0.1, 0.15) is 11.4 Å². The number of fused-ring (bicyclic) bond motifs is 1. The van der Waals surface area contributed by atoms with Crippen molar-refractivity contribution in [3.8, 4) is 0 Å². The molecule has 4 N–H and O–H groups in total. The minimum absolute atomic E-state index is 0.155. The minimum atomic E-state index is -0.472. The molecule has 1 amide bonds. The van der Waals surface area contributed by atoms with Crippen LogP contribution in [0.5, 0.6) is 0 Å². The van der Waals surface area contributed by atoms with E-state index in [0.29, 0.717) is 17.4 Å². The van der Waals surface area contributed by atoms with E-state index in [1.54, 1.807) is 16.9 Å². The first kappa shape index (κ1) is 17.3. The van der Waals surface area contributed by atoms with Crippen LogP contribution in [0.25, 0.3) is 5.65 Å². The summed E-state index contributed by atoms with van der Waals surface area (Å²) in [6, 6.07) is 2.28. The largest absolute Gasteiger partial charge is 0.444 e. The van der Waals surface area contributed by atoms with Gasteiger partial charge in [-0.05, 0) is 46.5 Å². The lowest BCUT2D eigenvalue weighted by Crippen LogP contribution is -2.42. The molecule has 1 aliphatic rings. The minimum Gasteiger partial charge on any atom is -0.444 e. The third-order valence-electron chi connectivity index (χ3n) is 4.19. The van der Waals surface area contributed by atoms with Gasteiger partial charge in [-0.25, -0.2) is 14.3 Å². The zero-order chi connectivity index (χ0) is 18.0. The predicted molar refractivity (Wildman–Crippen MR) is 96.4 cm³/mol. The number of imidazole rings is 1. The molecule has 1 fully saturated rings. The Kier molecular flexibility index (Phi) is 4.69. The van der Waals surface area contributed by atoms with Crippen LogP contribution in [0.1, 0.15) is 46.5 Å². The Bertz CT molecular complexity index is 743. The molecular formula is C17H26N6O2. The van der Waals surface area contributed by atoms with E-state index in [2.05, 4.69) is 20.7 Å². The van der Waals surface area contributed by atoms with Gasteiger partial charge < -0.3 is 21.1 Å². The summed E-state index contributed by atoms with van der Waals surface area (Å²) in [6.07, 6.45) is 6.81. The number of ether oxygens (including phenoxy) is 1. The molecule has 0 bridgehead atoms. The molecule has 8 heteroatoms. The van der Waals surface area contributed by atoms with E-state index in [0.717, 1.165) is 31.5 Å². The highest BCUT2D eigenvalue weighted by molar-refractivity contribution is 5.68. The van der Waals surface area contributed by atoms with Crippen molar-refractivity contribution < 1.29 is 9.53 Å². The second-order valence-corrected chi connectivity index (χ2v) is 7.52. The van der Waals surface area contributed by atoms with Crippen molar-refractivity contribution in [2.45, 2.75) is 64.1 Å². The number of hydrogen-bond acceptors (Lipinski definition) is 6. The lowest BCUT2D eigenvalue weighted by molar-refractivity contribution is 0.0492. The van der Waals surface area contributed by atoms with Crippen molar-refractivity contribution in [3.05, 3.63) is 18.5 Å². The first-order valence-electron chi connectivity index (χ1n) is 8.66. The number of hydrogen-bond donors (Lipinski definition) is 3. The number of aromatic nitrogens is 3. The van der Waals surface area contributed by atoms with E-state index in [4.69, 9.17) is 10.5 Å². The normalized spacial score (nSPS) is 21.1. The fourth-order valence-corrected chi connectivity index (χ4v) is 3.08. The standard InChI is InChI=1S/C17H26N6O2/c1-17(2,3)25-16(24)21-12-6-4-11(5-7-12)20-14-10-13(18)15-19-8-9-23(15)22-14/h8-12H,4-7,18H2,1-3H3,(H,20,22)(H,21,24).